The molecule has 2 heterocycles. The molecule has 7 nitrogen and oxygen atoms in total. The van der Waals surface area contributed by atoms with Gasteiger partial charge in [0.15, 0.2) is 11.7 Å². The van der Waals surface area contributed by atoms with Gasteiger partial charge >= 0.3 is 0 Å². The maximum Gasteiger partial charge on any atom is 0.178 e. The molecule has 0 aromatic heterocycles. The van der Waals surface area contributed by atoms with Gasteiger partial charge in [-0.25, -0.2) is 20.0 Å². The van der Waals surface area contributed by atoms with Crippen molar-refractivity contribution in [3.63, 3.8) is 0 Å². The highest BCUT2D eigenvalue weighted by atomic mass is 15.3. The SMILES string of the molecule is C=N/C(Nc1cccc(CC)c1)=C1/N=CC=N/C1=N/CN1CCN(C)CC1. The van der Waals surface area contributed by atoms with Crippen LogP contribution >= 0.6 is 0 Å². The van der Waals surface area contributed by atoms with Crippen molar-refractivity contribution in [3.8, 4) is 0 Å². The molecular formula is C20H27N7. The molecule has 1 aromatic carbocycles. The Balaban J connectivity index is 1.78. The summed E-state index contributed by atoms with van der Waals surface area (Å²) >= 11 is 0. The Morgan fingerprint density at radius 1 is 1.19 bits per heavy atom. The van der Waals surface area contributed by atoms with Crippen molar-refractivity contribution in [2.24, 2.45) is 20.0 Å². The number of hydrogen-bond donors (Lipinski definition) is 1. The van der Waals surface area contributed by atoms with E-state index in [4.69, 9.17) is 0 Å². The molecule has 0 amide bonds. The third-order valence-corrected chi connectivity index (χ3v) is 4.68. The molecule has 1 saturated heterocycles. The average molecular weight is 365 g/mol. The van der Waals surface area contributed by atoms with Crippen molar-refractivity contribution >= 4 is 30.7 Å². The second-order valence-corrected chi connectivity index (χ2v) is 6.64. The van der Waals surface area contributed by atoms with Crippen molar-refractivity contribution < 1.29 is 0 Å². The third-order valence-electron chi connectivity index (χ3n) is 4.68. The molecule has 27 heavy (non-hydrogen) atoms. The van der Waals surface area contributed by atoms with Gasteiger partial charge in [0.25, 0.3) is 0 Å². The van der Waals surface area contributed by atoms with Crippen LogP contribution in [0.3, 0.4) is 0 Å². The van der Waals surface area contributed by atoms with Crippen LogP contribution < -0.4 is 5.32 Å². The molecule has 0 saturated carbocycles. The van der Waals surface area contributed by atoms with Gasteiger partial charge in [0, 0.05) is 44.3 Å². The summed E-state index contributed by atoms with van der Waals surface area (Å²) in [6.45, 7) is 10.6. The van der Waals surface area contributed by atoms with E-state index in [0.29, 0.717) is 24.0 Å². The van der Waals surface area contributed by atoms with Crippen LogP contribution in [-0.2, 0) is 6.42 Å². The minimum atomic E-state index is 0.563. The topological polar surface area (TPSA) is 67.9 Å². The van der Waals surface area contributed by atoms with E-state index in [9.17, 15) is 0 Å². The number of benzene rings is 1. The van der Waals surface area contributed by atoms with Crippen molar-refractivity contribution in [1.82, 2.24) is 9.80 Å². The van der Waals surface area contributed by atoms with E-state index in [1.165, 1.54) is 5.56 Å². The van der Waals surface area contributed by atoms with Crippen LogP contribution in [-0.4, -0.2) is 74.7 Å². The largest absolute Gasteiger partial charge is 0.338 e. The fourth-order valence-corrected chi connectivity index (χ4v) is 2.95. The molecule has 0 bridgehead atoms. The molecule has 1 aromatic rings. The van der Waals surface area contributed by atoms with E-state index in [-0.39, 0.29) is 0 Å². The Kier molecular flexibility index (Phi) is 6.62. The van der Waals surface area contributed by atoms with E-state index in [2.05, 4.69) is 67.9 Å². The van der Waals surface area contributed by atoms with Crippen molar-refractivity contribution in [1.29, 1.82) is 0 Å². The van der Waals surface area contributed by atoms with Crippen LogP contribution in [0.1, 0.15) is 12.5 Å². The number of aryl methyl sites for hydroxylation is 1. The zero-order chi connectivity index (χ0) is 19.1. The average Bonchev–Trinajstić information content (AvgIpc) is 2.72. The Hall–Kier alpha value is -2.64. The zero-order valence-electron chi connectivity index (χ0n) is 16.1. The first-order valence-electron chi connectivity index (χ1n) is 9.29. The van der Waals surface area contributed by atoms with Crippen molar-refractivity contribution in [2.45, 2.75) is 13.3 Å². The van der Waals surface area contributed by atoms with Crippen LogP contribution in [0.25, 0.3) is 0 Å². The maximum atomic E-state index is 4.68. The minimum absolute atomic E-state index is 0.563. The van der Waals surface area contributed by atoms with Crippen LogP contribution in [0.15, 0.2) is 55.8 Å². The third kappa shape index (κ3) is 5.18. The van der Waals surface area contributed by atoms with Crippen LogP contribution in [0.5, 0.6) is 0 Å². The molecule has 142 valence electrons. The van der Waals surface area contributed by atoms with Crippen molar-refractivity contribution in [2.75, 3.05) is 45.2 Å². The summed E-state index contributed by atoms with van der Waals surface area (Å²) in [5.41, 5.74) is 2.82. The fourth-order valence-electron chi connectivity index (χ4n) is 2.95. The lowest BCUT2D eigenvalue weighted by Crippen LogP contribution is -2.44. The number of rotatable bonds is 6. The highest BCUT2D eigenvalue weighted by molar-refractivity contribution is 6.25. The van der Waals surface area contributed by atoms with E-state index in [1.54, 1.807) is 12.4 Å². The highest BCUT2D eigenvalue weighted by Crippen LogP contribution is 2.18. The Morgan fingerprint density at radius 2 is 1.96 bits per heavy atom. The van der Waals surface area contributed by atoms with E-state index in [0.717, 1.165) is 38.3 Å². The lowest BCUT2D eigenvalue weighted by molar-refractivity contribution is 0.158. The zero-order valence-corrected chi connectivity index (χ0v) is 16.1. The second-order valence-electron chi connectivity index (χ2n) is 6.64. The normalized spacial score (nSPS) is 21.5. The summed E-state index contributed by atoms with van der Waals surface area (Å²) in [6, 6.07) is 8.23. The summed E-state index contributed by atoms with van der Waals surface area (Å²) in [7, 11) is 2.14. The summed E-state index contributed by atoms with van der Waals surface area (Å²) in [4.78, 5) is 22.3. The van der Waals surface area contributed by atoms with Gasteiger partial charge in [-0.3, -0.25) is 4.90 Å². The smallest absolute Gasteiger partial charge is 0.178 e. The van der Waals surface area contributed by atoms with Gasteiger partial charge in [0.2, 0.25) is 0 Å². The quantitative estimate of drug-likeness (QED) is 0.787. The van der Waals surface area contributed by atoms with Gasteiger partial charge < -0.3 is 10.2 Å². The molecule has 0 unspecified atom stereocenters. The molecule has 0 radical (unpaired) electrons. The van der Waals surface area contributed by atoms with E-state index < -0.39 is 0 Å². The van der Waals surface area contributed by atoms with Crippen LogP contribution in [0.4, 0.5) is 5.69 Å². The molecule has 1 N–H and O–H groups in total. The molecule has 0 aliphatic carbocycles. The molecule has 2 aliphatic rings. The lowest BCUT2D eigenvalue weighted by Gasteiger charge is -2.31. The van der Waals surface area contributed by atoms with Gasteiger partial charge in [0.1, 0.15) is 5.70 Å². The number of likely N-dealkylation sites (N-methyl/N-ethyl adjacent to an activating group) is 1. The van der Waals surface area contributed by atoms with Crippen LogP contribution in [0.2, 0.25) is 0 Å². The monoisotopic (exact) mass is 365 g/mol. The highest BCUT2D eigenvalue weighted by Gasteiger charge is 2.17. The van der Waals surface area contributed by atoms with Gasteiger partial charge in [-0.15, -0.1) is 0 Å². The summed E-state index contributed by atoms with van der Waals surface area (Å²) in [5.74, 6) is 1.14. The Bertz CT molecular complexity index is 783. The molecule has 3 rings (SSSR count). The summed E-state index contributed by atoms with van der Waals surface area (Å²) < 4.78 is 0. The van der Waals surface area contributed by atoms with Crippen molar-refractivity contribution in [3.05, 3.63) is 41.3 Å². The predicted molar refractivity (Wildman–Crippen MR) is 114 cm³/mol. The van der Waals surface area contributed by atoms with Crippen LogP contribution in [0, 0.1) is 0 Å². The number of piperazine rings is 1. The maximum absolute atomic E-state index is 4.68. The molecule has 0 atom stereocenters. The predicted octanol–water partition coefficient (Wildman–Crippen LogP) is 2.29. The summed E-state index contributed by atoms with van der Waals surface area (Å²) in [6.07, 6.45) is 4.29. The first kappa shape index (κ1) is 19.1. The molecular weight excluding hydrogens is 338 g/mol. The number of hydrogen-bond acceptors (Lipinski definition) is 6. The Morgan fingerprint density at radius 3 is 2.70 bits per heavy atom. The van der Waals surface area contributed by atoms with Gasteiger partial charge in [0.05, 0.1) is 6.67 Å². The number of nitrogens with zero attached hydrogens (tertiary/aromatic N) is 6. The number of aliphatic imine (C=N–C) groups is 4. The summed E-state index contributed by atoms with van der Waals surface area (Å²) in [5, 5.41) is 3.31. The van der Waals surface area contributed by atoms with E-state index >= 15 is 0 Å². The van der Waals surface area contributed by atoms with Gasteiger partial charge in [-0.05, 0) is 37.9 Å². The molecule has 2 aliphatic heterocycles. The van der Waals surface area contributed by atoms with Gasteiger partial charge in [-0.2, -0.15) is 0 Å². The Labute approximate surface area is 160 Å². The van der Waals surface area contributed by atoms with E-state index in [1.807, 2.05) is 12.1 Å². The van der Waals surface area contributed by atoms with Gasteiger partial charge in [-0.1, -0.05) is 19.1 Å². The first-order valence-corrected chi connectivity index (χ1v) is 9.29. The number of anilines is 1. The molecule has 7 heteroatoms. The fraction of sp³-hybridized carbons (Fsp3) is 0.400. The first-order chi connectivity index (χ1) is 13.2. The number of amidine groups is 1. The standard InChI is InChI=1S/C20H27N7/c1-4-16-6-5-7-17(14-16)25-19(21-2)18-20(23-9-8-22-18)24-15-27-12-10-26(3)11-13-27/h5-9,14,25H,2,4,10-13,15H2,1,3H3/b19-18-,24-20+. The number of nitrogens with one attached hydrogen (secondary N) is 1. The molecule has 1 fully saturated rings. The second kappa shape index (κ2) is 9.34. The minimum Gasteiger partial charge on any atom is -0.338 e. The lowest BCUT2D eigenvalue weighted by atomic mass is 10.1. The molecule has 0 spiro atoms.